The Morgan fingerprint density at radius 1 is 1.33 bits per heavy atom. The van der Waals surface area contributed by atoms with Crippen molar-refractivity contribution in [3.05, 3.63) is 29.8 Å². The van der Waals surface area contributed by atoms with Crippen molar-refractivity contribution in [2.24, 2.45) is 0 Å². The summed E-state index contributed by atoms with van der Waals surface area (Å²) in [5.41, 5.74) is 2.76. The summed E-state index contributed by atoms with van der Waals surface area (Å²) in [5.74, 6) is 1.31. The summed E-state index contributed by atoms with van der Waals surface area (Å²) in [6, 6.07) is 9.23. The van der Waals surface area contributed by atoms with Crippen LogP contribution in [-0.2, 0) is 6.42 Å². The lowest BCUT2D eigenvalue weighted by molar-refractivity contribution is 0.596. The van der Waals surface area contributed by atoms with Gasteiger partial charge < -0.3 is 9.88 Å². The second-order valence-electron chi connectivity index (χ2n) is 4.50. The minimum atomic E-state index is 0.644. The maximum absolute atomic E-state index is 3.52. The van der Waals surface area contributed by atoms with Crippen LogP contribution in [0.4, 0.5) is 5.82 Å². The predicted molar refractivity (Wildman–Crippen MR) is 64.5 cm³/mol. The number of hydrogen-bond acceptors (Lipinski definition) is 1. The van der Waals surface area contributed by atoms with Crippen molar-refractivity contribution in [1.29, 1.82) is 0 Å². The molecule has 0 radical (unpaired) electrons. The number of benzene rings is 1. The van der Waals surface area contributed by atoms with Crippen LogP contribution < -0.4 is 4.90 Å². The van der Waals surface area contributed by atoms with E-state index in [1.807, 2.05) is 0 Å². The molecule has 0 fully saturated rings. The molecule has 1 N–H and O–H groups in total. The monoisotopic (exact) mass is 200 g/mol. The number of hydrogen-bond donors (Lipinski definition) is 1. The average molecular weight is 200 g/mol. The summed E-state index contributed by atoms with van der Waals surface area (Å²) in [6.07, 6.45) is 2.45. The predicted octanol–water partition coefficient (Wildman–Crippen LogP) is 2.94. The topological polar surface area (TPSA) is 19.0 Å². The van der Waals surface area contributed by atoms with Gasteiger partial charge >= 0.3 is 0 Å². The zero-order valence-corrected chi connectivity index (χ0v) is 9.25. The molecule has 1 aromatic heterocycles. The van der Waals surface area contributed by atoms with Gasteiger partial charge in [-0.25, -0.2) is 0 Å². The SMILES string of the molecule is C[C@@H]1CCc2c([nH]c3ccccc23)N1C. The van der Waals surface area contributed by atoms with Crippen LogP contribution in [0, 0.1) is 0 Å². The van der Waals surface area contributed by atoms with Crippen molar-refractivity contribution in [2.75, 3.05) is 11.9 Å². The lowest BCUT2D eigenvalue weighted by Gasteiger charge is -2.31. The van der Waals surface area contributed by atoms with E-state index >= 15 is 0 Å². The number of aromatic amines is 1. The van der Waals surface area contributed by atoms with Gasteiger partial charge in [0.2, 0.25) is 0 Å². The van der Waals surface area contributed by atoms with E-state index in [9.17, 15) is 0 Å². The lowest BCUT2D eigenvalue weighted by Crippen LogP contribution is -2.33. The fraction of sp³-hybridized carbons (Fsp3) is 0.385. The number of rotatable bonds is 0. The van der Waals surface area contributed by atoms with Gasteiger partial charge in [0, 0.05) is 29.6 Å². The van der Waals surface area contributed by atoms with Gasteiger partial charge in [-0.3, -0.25) is 0 Å². The van der Waals surface area contributed by atoms with Crippen LogP contribution in [-0.4, -0.2) is 18.1 Å². The number of para-hydroxylation sites is 1. The van der Waals surface area contributed by atoms with Gasteiger partial charge in [0.15, 0.2) is 0 Å². The van der Waals surface area contributed by atoms with Gasteiger partial charge in [-0.05, 0) is 25.8 Å². The maximum Gasteiger partial charge on any atom is 0.110 e. The minimum absolute atomic E-state index is 0.644. The molecule has 2 heterocycles. The maximum atomic E-state index is 3.52. The van der Waals surface area contributed by atoms with Crippen molar-refractivity contribution in [1.82, 2.24) is 4.98 Å². The van der Waals surface area contributed by atoms with Crippen molar-refractivity contribution < 1.29 is 0 Å². The highest BCUT2D eigenvalue weighted by Crippen LogP contribution is 2.34. The molecule has 2 aromatic rings. The minimum Gasteiger partial charge on any atom is -0.358 e. The molecule has 1 atom stereocenters. The van der Waals surface area contributed by atoms with Crippen LogP contribution in [0.15, 0.2) is 24.3 Å². The van der Waals surface area contributed by atoms with E-state index in [2.05, 4.69) is 48.1 Å². The second-order valence-corrected chi connectivity index (χ2v) is 4.50. The normalized spacial score (nSPS) is 20.7. The summed E-state index contributed by atoms with van der Waals surface area (Å²) >= 11 is 0. The van der Waals surface area contributed by atoms with Gasteiger partial charge in [0.1, 0.15) is 5.82 Å². The van der Waals surface area contributed by atoms with E-state index in [1.165, 1.54) is 35.1 Å². The summed E-state index contributed by atoms with van der Waals surface area (Å²) < 4.78 is 0. The number of H-pyrrole nitrogens is 1. The first kappa shape index (κ1) is 8.84. The molecule has 0 spiro atoms. The Hall–Kier alpha value is -1.44. The standard InChI is InChI=1S/C13H16N2/c1-9-7-8-11-10-5-3-4-6-12(10)14-13(11)15(9)2/h3-6,9,14H,7-8H2,1-2H3/t9-/m1/s1. The van der Waals surface area contributed by atoms with Crippen LogP contribution in [0.2, 0.25) is 0 Å². The molecular weight excluding hydrogens is 184 g/mol. The van der Waals surface area contributed by atoms with E-state index in [4.69, 9.17) is 0 Å². The van der Waals surface area contributed by atoms with E-state index in [1.54, 1.807) is 0 Å². The molecule has 0 unspecified atom stereocenters. The summed E-state index contributed by atoms with van der Waals surface area (Å²) in [4.78, 5) is 5.88. The van der Waals surface area contributed by atoms with Gasteiger partial charge in [0.25, 0.3) is 0 Å². The third-order valence-corrected chi connectivity index (χ3v) is 3.62. The first-order chi connectivity index (χ1) is 7.27. The molecule has 2 nitrogen and oxygen atoms in total. The highest BCUT2D eigenvalue weighted by atomic mass is 15.2. The summed E-state index contributed by atoms with van der Waals surface area (Å²) in [7, 11) is 2.18. The van der Waals surface area contributed by atoms with E-state index in [0.29, 0.717) is 6.04 Å². The molecule has 0 saturated heterocycles. The Labute approximate surface area is 89.9 Å². The van der Waals surface area contributed by atoms with Crippen LogP contribution >= 0.6 is 0 Å². The van der Waals surface area contributed by atoms with Crippen molar-refractivity contribution in [3.63, 3.8) is 0 Å². The highest BCUT2D eigenvalue weighted by Gasteiger charge is 2.23. The molecule has 0 aliphatic carbocycles. The lowest BCUT2D eigenvalue weighted by atomic mass is 9.99. The molecular formula is C13H16N2. The number of fused-ring (bicyclic) bond motifs is 3. The van der Waals surface area contributed by atoms with Crippen LogP contribution in [0.5, 0.6) is 0 Å². The Balaban J connectivity index is 2.26. The van der Waals surface area contributed by atoms with E-state index in [0.717, 1.165) is 0 Å². The van der Waals surface area contributed by atoms with Gasteiger partial charge in [-0.2, -0.15) is 0 Å². The molecule has 1 aliphatic heterocycles. The first-order valence-corrected chi connectivity index (χ1v) is 5.60. The molecule has 1 aliphatic rings. The smallest absolute Gasteiger partial charge is 0.110 e. The Bertz CT molecular complexity index is 498. The number of anilines is 1. The highest BCUT2D eigenvalue weighted by molar-refractivity contribution is 5.89. The quantitative estimate of drug-likeness (QED) is 0.692. The van der Waals surface area contributed by atoms with Crippen LogP contribution in [0.3, 0.4) is 0 Å². The molecule has 1 aromatic carbocycles. The fourth-order valence-electron chi connectivity index (χ4n) is 2.51. The largest absolute Gasteiger partial charge is 0.358 e. The zero-order valence-electron chi connectivity index (χ0n) is 9.25. The Kier molecular flexibility index (Phi) is 1.78. The fourth-order valence-corrected chi connectivity index (χ4v) is 2.51. The number of nitrogens with zero attached hydrogens (tertiary/aromatic N) is 1. The van der Waals surface area contributed by atoms with E-state index < -0.39 is 0 Å². The molecule has 0 bridgehead atoms. The average Bonchev–Trinajstić information content (AvgIpc) is 2.63. The molecule has 15 heavy (non-hydrogen) atoms. The van der Waals surface area contributed by atoms with Crippen molar-refractivity contribution >= 4 is 16.7 Å². The van der Waals surface area contributed by atoms with Gasteiger partial charge in [-0.1, -0.05) is 18.2 Å². The van der Waals surface area contributed by atoms with Gasteiger partial charge in [-0.15, -0.1) is 0 Å². The molecule has 0 amide bonds. The number of aryl methyl sites for hydroxylation is 1. The summed E-state index contributed by atoms with van der Waals surface area (Å²) in [5, 5.41) is 1.39. The van der Waals surface area contributed by atoms with Gasteiger partial charge in [0.05, 0.1) is 0 Å². The zero-order chi connectivity index (χ0) is 10.4. The van der Waals surface area contributed by atoms with Crippen molar-refractivity contribution in [3.8, 4) is 0 Å². The molecule has 3 rings (SSSR count). The second kappa shape index (κ2) is 3.02. The number of nitrogens with one attached hydrogen (secondary N) is 1. The van der Waals surface area contributed by atoms with E-state index in [-0.39, 0.29) is 0 Å². The van der Waals surface area contributed by atoms with Crippen LogP contribution in [0.1, 0.15) is 18.9 Å². The van der Waals surface area contributed by atoms with Crippen molar-refractivity contribution in [2.45, 2.75) is 25.8 Å². The third-order valence-electron chi connectivity index (χ3n) is 3.62. The number of aromatic nitrogens is 1. The van der Waals surface area contributed by atoms with Crippen LogP contribution in [0.25, 0.3) is 10.9 Å². The third kappa shape index (κ3) is 1.17. The Morgan fingerprint density at radius 2 is 2.13 bits per heavy atom. The molecule has 78 valence electrons. The summed E-state index contributed by atoms with van der Waals surface area (Å²) in [6.45, 7) is 2.29. The molecule has 2 heteroatoms. The molecule has 0 saturated carbocycles. The first-order valence-electron chi connectivity index (χ1n) is 5.60. The Morgan fingerprint density at radius 3 is 3.00 bits per heavy atom.